The van der Waals surface area contributed by atoms with E-state index in [0.717, 1.165) is 11.1 Å². The highest BCUT2D eigenvalue weighted by molar-refractivity contribution is 6.07. The molecule has 0 aliphatic heterocycles. The number of amides is 1. The summed E-state index contributed by atoms with van der Waals surface area (Å²) >= 11 is 0. The first-order chi connectivity index (χ1) is 13.2. The number of anilines is 2. The van der Waals surface area contributed by atoms with E-state index in [9.17, 15) is 9.59 Å². The minimum atomic E-state index is -0.619. The van der Waals surface area contributed by atoms with E-state index < -0.39 is 17.5 Å². The van der Waals surface area contributed by atoms with E-state index in [1.165, 1.54) is 0 Å². The summed E-state index contributed by atoms with van der Waals surface area (Å²) in [5.41, 5.74) is 7.68. The number of nitrogen functional groups attached to an aromatic ring is 1. The Kier molecular flexibility index (Phi) is 8.44. The Labute approximate surface area is 166 Å². The van der Waals surface area contributed by atoms with E-state index in [-0.39, 0.29) is 17.9 Å². The van der Waals surface area contributed by atoms with Crippen molar-refractivity contribution in [2.45, 2.75) is 40.2 Å². The van der Waals surface area contributed by atoms with Crippen molar-refractivity contribution in [3.8, 4) is 11.1 Å². The van der Waals surface area contributed by atoms with Gasteiger partial charge in [-0.3, -0.25) is 9.59 Å². The lowest BCUT2D eigenvalue weighted by Gasteiger charge is -2.20. The van der Waals surface area contributed by atoms with Crippen LogP contribution in [0, 0.1) is 0 Å². The number of nitrogens with one attached hydrogen (secondary N) is 2. The van der Waals surface area contributed by atoms with Crippen LogP contribution in [0.4, 0.5) is 11.5 Å². The molecule has 0 bridgehead atoms. The Balaban J connectivity index is 0.00000190. The predicted octanol–water partition coefficient (Wildman–Crippen LogP) is 3.47. The van der Waals surface area contributed by atoms with Crippen molar-refractivity contribution in [1.82, 2.24) is 10.3 Å². The van der Waals surface area contributed by atoms with Gasteiger partial charge in [0.05, 0.1) is 5.69 Å². The van der Waals surface area contributed by atoms with E-state index >= 15 is 0 Å². The highest BCUT2D eigenvalue weighted by atomic mass is 16.6. The van der Waals surface area contributed by atoms with Gasteiger partial charge in [0.15, 0.2) is 0 Å². The number of hydrogen-bond acceptors (Lipinski definition) is 6. The molecule has 28 heavy (non-hydrogen) atoms. The van der Waals surface area contributed by atoms with Gasteiger partial charge >= 0.3 is 5.97 Å². The molecule has 0 radical (unpaired) electrons. The van der Waals surface area contributed by atoms with E-state index in [1.54, 1.807) is 34.0 Å². The van der Waals surface area contributed by atoms with Crippen LogP contribution in [-0.2, 0) is 9.53 Å². The Hall–Kier alpha value is -3.09. The van der Waals surface area contributed by atoms with Crippen LogP contribution in [-0.4, -0.2) is 36.1 Å². The van der Waals surface area contributed by atoms with Gasteiger partial charge in [-0.05, 0) is 26.3 Å². The average Bonchev–Trinajstić information content (AvgIpc) is 2.66. The first kappa shape index (κ1) is 23.0. The standard InChI is InChI=1S/C19H24N4O3.C2H6/c1-19(2,3)26-14(24)11-23-18(25)15-16(21-4)13(10-22-17(15)20)12-8-6-5-7-9-12;1-2/h5-10H,11H2,1-4H3,(H,23,25)(H3,20,21,22);1-2H3. The molecule has 0 atom stereocenters. The number of nitrogens with zero attached hydrogens (tertiary/aromatic N) is 1. The molecule has 1 amide bonds. The third-order valence-corrected chi connectivity index (χ3v) is 3.48. The first-order valence-electron chi connectivity index (χ1n) is 9.24. The van der Waals surface area contributed by atoms with Crippen LogP contribution in [0.3, 0.4) is 0 Å². The lowest BCUT2D eigenvalue weighted by molar-refractivity contribution is -0.153. The van der Waals surface area contributed by atoms with Gasteiger partial charge < -0.3 is 21.1 Å². The molecular weight excluding hydrogens is 356 g/mol. The molecule has 4 N–H and O–H groups in total. The molecular formula is C21H30N4O3. The van der Waals surface area contributed by atoms with Crippen molar-refractivity contribution in [3.63, 3.8) is 0 Å². The lowest BCUT2D eigenvalue weighted by atomic mass is 10.0. The number of rotatable bonds is 5. The van der Waals surface area contributed by atoms with Crippen molar-refractivity contribution in [3.05, 3.63) is 42.1 Å². The Morgan fingerprint density at radius 2 is 1.75 bits per heavy atom. The van der Waals surface area contributed by atoms with Gasteiger partial charge in [0.1, 0.15) is 23.5 Å². The first-order valence-corrected chi connectivity index (χ1v) is 9.24. The molecule has 0 saturated heterocycles. The van der Waals surface area contributed by atoms with Crippen LogP contribution in [0.15, 0.2) is 36.5 Å². The van der Waals surface area contributed by atoms with Gasteiger partial charge in [-0.1, -0.05) is 44.2 Å². The summed E-state index contributed by atoms with van der Waals surface area (Å²) in [6, 6.07) is 9.52. The number of carbonyl (C=O) groups is 2. The van der Waals surface area contributed by atoms with Gasteiger partial charge in [-0.2, -0.15) is 0 Å². The van der Waals surface area contributed by atoms with E-state index in [2.05, 4.69) is 15.6 Å². The van der Waals surface area contributed by atoms with Crippen LogP contribution in [0.2, 0.25) is 0 Å². The fourth-order valence-corrected chi connectivity index (χ4v) is 2.47. The van der Waals surface area contributed by atoms with Crippen molar-refractivity contribution in [2.24, 2.45) is 0 Å². The molecule has 0 unspecified atom stereocenters. The summed E-state index contributed by atoms with van der Waals surface area (Å²) in [5.74, 6) is -0.943. The summed E-state index contributed by atoms with van der Waals surface area (Å²) in [4.78, 5) is 28.6. The molecule has 0 saturated carbocycles. The Morgan fingerprint density at radius 1 is 1.14 bits per heavy atom. The normalized spacial score (nSPS) is 10.4. The molecule has 7 nitrogen and oxygen atoms in total. The second-order valence-electron chi connectivity index (χ2n) is 6.69. The maximum atomic E-state index is 12.6. The SMILES string of the molecule is CC.CNc1c(-c2ccccc2)cnc(N)c1C(=O)NCC(=O)OC(C)(C)C. The molecule has 152 valence electrons. The monoisotopic (exact) mass is 386 g/mol. The van der Waals surface area contributed by atoms with E-state index in [4.69, 9.17) is 10.5 Å². The summed E-state index contributed by atoms with van der Waals surface area (Å²) < 4.78 is 5.19. The zero-order valence-corrected chi connectivity index (χ0v) is 17.4. The maximum Gasteiger partial charge on any atom is 0.325 e. The smallest absolute Gasteiger partial charge is 0.325 e. The highest BCUT2D eigenvalue weighted by Crippen LogP contribution is 2.32. The molecule has 1 aromatic carbocycles. The third-order valence-electron chi connectivity index (χ3n) is 3.48. The average molecular weight is 386 g/mol. The van der Waals surface area contributed by atoms with Gasteiger partial charge in [0.2, 0.25) is 0 Å². The van der Waals surface area contributed by atoms with Crippen LogP contribution in [0.1, 0.15) is 45.0 Å². The number of benzene rings is 1. The second-order valence-corrected chi connectivity index (χ2v) is 6.69. The molecule has 1 aromatic heterocycles. The molecule has 2 aromatic rings. The number of hydrogen-bond donors (Lipinski definition) is 3. The highest BCUT2D eigenvalue weighted by Gasteiger charge is 2.22. The zero-order valence-electron chi connectivity index (χ0n) is 17.4. The fraction of sp³-hybridized carbons (Fsp3) is 0.381. The lowest BCUT2D eigenvalue weighted by Crippen LogP contribution is -2.35. The van der Waals surface area contributed by atoms with Crippen LogP contribution < -0.4 is 16.4 Å². The van der Waals surface area contributed by atoms with Gasteiger partial charge in [0, 0.05) is 18.8 Å². The number of aromatic nitrogens is 1. The van der Waals surface area contributed by atoms with Crippen molar-refractivity contribution in [2.75, 3.05) is 24.6 Å². The summed E-state index contributed by atoms with van der Waals surface area (Å²) in [6.45, 7) is 9.03. The number of ether oxygens (including phenoxy) is 1. The molecule has 0 aliphatic carbocycles. The molecule has 0 spiro atoms. The number of carbonyl (C=O) groups excluding carboxylic acids is 2. The number of nitrogens with two attached hydrogens (primary N) is 1. The quantitative estimate of drug-likeness (QED) is 0.679. The van der Waals surface area contributed by atoms with Gasteiger partial charge in [-0.25, -0.2) is 4.98 Å². The molecule has 0 fully saturated rings. The fourth-order valence-electron chi connectivity index (χ4n) is 2.47. The van der Waals surface area contributed by atoms with Gasteiger partial charge in [-0.15, -0.1) is 0 Å². The van der Waals surface area contributed by atoms with Gasteiger partial charge in [0.25, 0.3) is 5.91 Å². The largest absolute Gasteiger partial charge is 0.459 e. The zero-order chi connectivity index (χ0) is 21.3. The number of pyridine rings is 1. The van der Waals surface area contributed by atoms with Crippen molar-refractivity contribution >= 4 is 23.4 Å². The topological polar surface area (TPSA) is 106 Å². The molecule has 0 aliphatic rings. The van der Waals surface area contributed by atoms with Crippen molar-refractivity contribution < 1.29 is 14.3 Å². The third kappa shape index (κ3) is 6.26. The second kappa shape index (κ2) is 10.3. The summed E-state index contributed by atoms with van der Waals surface area (Å²) in [6.07, 6.45) is 1.61. The van der Waals surface area contributed by atoms with Crippen LogP contribution in [0.5, 0.6) is 0 Å². The Morgan fingerprint density at radius 3 is 2.29 bits per heavy atom. The molecule has 2 rings (SSSR count). The molecule has 7 heteroatoms. The predicted molar refractivity (Wildman–Crippen MR) is 113 cm³/mol. The minimum Gasteiger partial charge on any atom is -0.459 e. The van der Waals surface area contributed by atoms with E-state index in [1.807, 2.05) is 44.2 Å². The summed E-state index contributed by atoms with van der Waals surface area (Å²) in [5, 5.41) is 5.56. The van der Waals surface area contributed by atoms with E-state index in [0.29, 0.717) is 5.69 Å². The Bertz CT molecular complexity index is 799. The number of esters is 1. The van der Waals surface area contributed by atoms with Crippen LogP contribution >= 0.6 is 0 Å². The van der Waals surface area contributed by atoms with Crippen molar-refractivity contribution in [1.29, 1.82) is 0 Å². The maximum absolute atomic E-state index is 12.6. The summed E-state index contributed by atoms with van der Waals surface area (Å²) in [7, 11) is 1.70. The minimum absolute atomic E-state index is 0.0794. The van der Waals surface area contributed by atoms with Crippen LogP contribution in [0.25, 0.3) is 11.1 Å². The molecule has 1 heterocycles.